The first-order chi connectivity index (χ1) is 14.5. The summed E-state index contributed by atoms with van der Waals surface area (Å²) in [5.41, 5.74) is 0.698. The van der Waals surface area contributed by atoms with E-state index in [1.807, 2.05) is 24.3 Å². The van der Waals surface area contributed by atoms with Crippen molar-refractivity contribution in [1.82, 2.24) is 5.32 Å². The Labute approximate surface area is 187 Å². The molecule has 0 heterocycles. The maximum Gasteiger partial charge on any atom is 0.352 e. The van der Waals surface area contributed by atoms with Gasteiger partial charge in [0, 0.05) is 5.56 Å². The van der Waals surface area contributed by atoms with Gasteiger partial charge in [0.25, 0.3) is 5.91 Å². The van der Waals surface area contributed by atoms with Gasteiger partial charge in [-0.1, -0.05) is 24.3 Å². The molecule has 30 heavy (non-hydrogen) atoms. The quantitative estimate of drug-likeness (QED) is 0.344. The summed E-state index contributed by atoms with van der Waals surface area (Å²) < 4.78 is 11.9. The average molecular weight is 515 g/mol. The molecule has 7 heteroatoms. The Balaban J connectivity index is 1.73. The first-order valence-corrected chi connectivity index (χ1v) is 9.97. The van der Waals surface area contributed by atoms with E-state index in [2.05, 4.69) is 27.9 Å². The van der Waals surface area contributed by atoms with Crippen LogP contribution in [0.2, 0.25) is 0 Å². The zero-order valence-electron chi connectivity index (χ0n) is 16.0. The van der Waals surface area contributed by atoms with Crippen LogP contribution in [0.4, 0.5) is 0 Å². The van der Waals surface area contributed by atoms with E-state index in [9.17, 15) is 14.7 Å². The minimum absolute atomic E-state index is 0.234. The Morgan fingerprint density at radius 2 is 1.57 bits per heavy atom. The SMILES string of the molecule is COc1ccc(C(=O)N/C(=C\c2ccc(Oc3ccccc3I)cc2)C(=O)O)cc1. The number of carboxylic acids is 1. The third kappa shape index (κ3) is 5.60. The number of carbonyl (C=O) groups excluding carboxylic acids is 1. The smallest absolute Gasteiger partial charge is 0.352 e. The molecule has 0 bridgehead atoms. The maximum atomic E-state index is 12.4. The molecule has 0 fully saturated rings. The number of amides is 1. The lowest BCUT2D eigenvalue weighted by atomic mass is 10.1. The monoisotopic (exact) mass is 515 g/mol. The number of hydrogen-bond donors (Lipinski definition) is 2. The standard InChI is InChI=1S/C23H18INO5/c1-29-17-12-8-16(9-13-17)22(26)25-20(23(27)28)14-15-6-10-18(11-7-15)30-21-5-3-2-4-19(21)24/h2-14H,1H3,(H,25,26)(H,27,28)/b20-14-. The molecular weight excluding hydrogens is 497 g/mol. The lowest BCUT2D eigenvalue weighted by molar-refractivity contribution is -0.132. The summed E-state index contributed by atoms with van der Waals surface area (Å²) in [4.78, 5) is 23.9. The van der Waals surface area contributed by atoms with E-state index in [1.165, 1.54) is 13.2 Å². The second kappa shape index (κ2) is 9.93. The molecule has 0 atom stereocenters. The predicted molar refractivity (Wildman–Crippen MR) is 122 cm³/mol. The van der Waals surface area contributed by atoms with Crippen LogP contribution in [0.25, 0.3) is 6.08 Å². The largest absolute Gasteiger partial charge is 0.497 e. The van der Waals surface area contributed by atoms with Gasteiger partial charge in [0.1, 0.15) is 22.9 Å². The number of ether oxygens (including phenoxy) is 2. The normalized spacial score (nSPS) is 10.9. The molecule has 0 aliphatic rings. The van der Waals surface area contributed by atoms with Crippen LogP contribution in [-0.4, -0.2) is 24.1 Å². The zero-order valence-corrected chi connectivity index (χ0v) is 18.1. The Morgan fingerprint density at radius 3 is 2.17 bits per heavy atom. The van der Waals surface area contributed by atoms with Gasteiger partial charge in [-0.3, -0.25) is 4.79 Å². The van der Waals surface area contributed by atoms with Crippen molar-refractivity contribution in [3.05, 3.63) is 93.2 Å². The number of hydrogen-bond acceptors (Lipinski definition) is 4. The summed E-state index contributed by atoms with van der Waals surface area (Å²) in [6, 6.07) is 20.9. The zero-order chi connectivity index (χ0) is 21.5. The molecule has 0 radical (unpaired) electrons. The predicted octanol–water partition coefficient (Wildman–Crippen LogP) is 4.95. The van der Waals surface area contributed by atoms with Crippen LogP contribution in [0.1, 0.15) is 15.9 Å². The Kier molecular flexibility index (Phi) is 7.08. The van der Waals surface area contributed by atoms with Gasteiger partial charge in [-0.15, -0.1) is 0 Å². The third-order valence-electron chi connectivity index (χ3n) is 4.09. The minimum atomic E-state index is -1.24. The second-order valence-corrected chi connectivity index (χ2v) is 7.31. The molecule has 3 aromatic rings. The number of rotatable bonds is 7. The highest BCUT2D eigenvalue weighted by Gasteiger charge is 2.13. The van der Waals surface area contributed by atoms with Crippen LogP contribution >= 0.6 is 22.6 Å². The van der Waals surface area contributed by atoms with Crippen LogP contribution in [0.5, 0.6) is 17.2 Å². The van der Waals surface area contributed by atoms with Gasteiger partial charge in [0.05, 0.1) is 10.7 Å². The molecule has 2 N–H and O–H groups in total. The van der Waals surface area contributed by atoms with Crippen LogP contribution in [0, 0.1) is 3.57 Å². The van der Waals surface area contributed by atoms with E-state index in [0.717, 1.165) is 9.32 Å². The van der Waals surface area contributed by atoms with E-state index in [4.69, 9.17) is 9.47 Å². The van der Waals surface area contributed by atoms with Crippen molar-refractivity contribution in [2.24, 2.45) is 0 Å². The van der Waals surface area contributed by atoms with Crippen molar-refractivity contribution in [3.8, 4) is 17.2 Å². The van der Waals surface area contributed by atoms with E-state index in [0.29, 0.717) is 22.6 Å². The molecule has 0 aliphatic heterocycles. The molecule has 0 saturated carbocycles. The summed E-state index contributed by atoms with van der Waals surface area (Å²) in [5.74, 6) is 0.198. The van der Waals surface area contributed by atoms with E-state index >= 15 is 0 Å². The number of methoxy groups -OCH3 is 1. The maximum absolute atomic E-state index is 12.4. The van der Waals surface area contributed by atoms with E-state index < -0.39 is 11.9 Å². The van der Waals surface area contributed by atoms with E-state index in [-0.39, 0.29) is 5.70 Å². The molecule has 0 unspecified atom stereocenters. The van der Waals surface area contributed by atoms with Gasteiger partial charge in [-0.2, -0.15) is 0 Å². The van der Waals surface area contributed by atoms with Gasteiger partial charge in [-0.25, -0.2) is 4.79 Å². The number of para-hydroxylation sites is 1. The molecule has 3 aromatic carbocycles. The Hall–Kier alpha value is -3.33. The van der Waals surface area contributed by atoms with Crippen molar-refractivity contribution in [2.75, 3.05) is 7.11 Å². The van der Waals surface area contributed by atoms with Crippen LogP contribution in [0.3, 0.4) is 0 Å². The van der Waals surface area contributed by atoms with Crippen LogP contribution in [-0.2, 0) is 4.79 Å². The highest BCUT2D eigenvalue weighted by Crippen LogP contribution is 2.26. The minimum Gasteiger partial charge on any atom is -0.497 e. The Bertz CT molecular complexity index is 1080. The number of benzene rings is 3. The van der Waals surface area contributed by atoms with Crippen molar-refractivity contribution < 1.29 is 24.2 Å². The van der Waals surface area contributed by atoms with Gasteiger partial charge >= 0.3 is 5.97 Å². The molecule has 0 aliphatic carbocycles. The summed E-state index contributed by atoms with van der Waals surface area (Å²) in [5, 5.41) is 11.9. The summed E-state index contributed by atoms with van der Waals surface area (Å²) in [6.45, 7) is 0. The van der Waals surface area contributed by atoms with Crippen molar-refractivity contribution in [1.29, 1.82) is 0 Å². The Morgan fingerprint density at radius 1 is 0.933 bits per heavy atom. The van der Waals surface area contributed by atoms with E-state index in [1.54, 1.807) is 48.5 Å². The molecule has 0 aromatic heterocycles. The first kappa shape index (κ1) is 21.4. The van der Waals surface area contributed by atoms with Crippen molar-refractivity contribution >= 4 is 40.5 Å². The fourth-order valence-corrected chi connectivity index (χ4v) is 3.04. The van der Waals surface area contributed by atoms with Gasteiger partial charge in [0.2, 0.25) is 0 Å². The fourth-order valence-electron chi connectivity index (χ4n) is 2.54. The van der Waals surface area contributed by atoms with Crippen LogP contribution in [0.15, 0.2) is 78.5 Å². The molecule has 6 nitrogen and oxygen atoms in total. The lowest BCUT2D eigenvalue weighted by Crippen LogP contribution is -2.27. The second-order valence-electron chi connectivity index (χ2n) is 6.15. The highest BCUT2D eigenvalue weighted by atomic mass is 127. The number of halogens is 1. The number of aliphatic carboxylic acids is 1. The highest BCUT2D eigenvalue weighted by molar-refractivity contribution is 14.1. The summed E-state index contributed by atoms with van der Waals surface area (Å²) in [6.07, 6.45) is 1.39. The van der Waals surface area contributed by atoms with Crippen LogP contribution < -0.4 is 14.8 Å². The molecule has 1 amide bonds. The number of carboxylic acid groups (broad SMARTS) is 1. The molecule has 0 spiro atoms. The molecule has 0 saturated heterocycles. The fraction of sp³-hybridized carbons (Fsp3) is 0.0435. The topological polar surface area (TPSA) is 84.9 Å². The van der Waals surface area contributed by atoms with Gasteiger partial charge in [-0.05, 0) is 82.8 Å². The third-order valence-corrected chi connectivity index (χ3v) is 4.98. The number of nitrogens with one attached hydrogen (secondary N) is 1. The van der Waals surface area contributed by atoms with Gasteiger partial charge < -0.3 is 19.9 Å². The summed E-state index contributed by atoms with van der Waals surface area (Å²) in [7, 11) is 1.53. The van der Waals surface area contributed by atoms with Gasteiger partial charge in [0.15, 0.2) is 0 Å². The molecule has 3 rings (SSSR count). The first-order valence-electron chi connectivity index (χ1n) is 8.89. The molecule has 152 valence electrons. The lowest BCUT2D eigenvalue weighted by Gasteiger charge is -2.09. The molecular formula is C23H18INO5. The van der Waals surface area contributed by atoms with Crippen molar-refractivity contribution in [3.63, 3.8) is 0 Å². The number of carbonyl (C=O) groups is 2. The summed E-state index contributed by atoms with van der Waals surface area (Å²) >= 11 is 2.19. The average Bonchev–Trinajstić information content (AvgIpc) is 2.76. The van der Waals surface area contributed by atoms with Crippen molar-refractivity contribution in [2.45, 2.75) is 0 Å².